The lowest BCUT2D eigenvalue weighted by Crippen LogP contribution is -2.24. The van der Waals surface area contributed by atoms with Crippen molar-refractivity contribution in [2.45, 2.75) is 25.6 Å². The van der Waals surface area contributed by atoms with E-state index in [1.807, 2.05) is 24.3 Å². The molecule has 28 heavy (non-hydrogen) atoms. The number of benzene rings is 2. The number of hydrogen-bond donors (Lipinski definition) is 1. The topological polar surface area (TPSA) is 51.3 Å². The van der Waals surface area contributed by atoms with E-state index in [4.69, 9.17) is 32.7 Å². The van der Waals surface area contributed by atoms with Crippen molar-refractivity contribution in [3.8, 4) is 16.9 Å². The molecule has 1 unspecified atom stereocenters. The third-order valence-electron chi connectivity index (χ3n) is 4.74. The lowest BCUT2D eigenvalue weighted by atomic mass is 9.98. The zero-order valence-corrected chi connectivity index (χ0v) is 16.6. The molecule has 1 atom stereocenters. The average Bonchev–Trinajstić information content (AvgIpc) is 3.19. The Hall–Kier alpha value is -2.27. The number of rotatable bonds is 5. The van der Waals surface area contributed by atoms with Gasteiger partial charge in [0.2, 0.25) is 0 Å². The minimum atomic E-state index is -0.184. The van der Waals surface area contributed by atoms with Crippen LogP contribution in [0.4, 0.5) is 0 Å². The number of carbonyl (C=O) groups is 1. The van der Waals surface area contributed by atoms with Gasteiger partial charge < -0.3 is 14.5 Å². The lowest BCUT2D eigenvalue weighted by Gasteiger charge is -2.23. The Bertz CT molecular complexity index is 976. The van der Waals surface area contributed by atoms with Crippen LogP contribution in [0.1, 0.15) is 35.2 Å². The van der Waals surface area contributed by atoms with Crippen molar-refractivity contribution in [1.29, 1.82) is 0 Å². The molecule has 1 fully saturated rings. The van der Waals surface area contributed by atoms with E-state index in [1.54, 1.807) is 30.6 Å². The predicted octanol–water partition coefficient (Wildman–Crippen LogP) is 6.12. The monoisotopic (exact) mass is 415 g/mol. The second-order valence-corrected chi connectivity index (χ2v) is 7.52. The van der Waals surface area contributed by atoms with Crippen LogP contribution in [0.15, 0.2) is 54.9 Å². The fraction of sp³-hybridized carbons (Fsp3) is 0.227. The van der Waals surface area contributed by atoms with Gasteiger partial charge in [-0.05, 0) is 48.7 Å². The van der Waals surface area contributed by atoms with Crippen LogP contribution in [-0.4, -0.2) is 23.7 Å². The summed E-state index contributed by atoms with van der Waals surface area (Å²) in [6, 6.07) is 12.5. The van der Waals surface area contributed by atoms with Crippen LogP contribution in [0.3, 0.4) is 0 Å². The summed E-state index contributed by atoms with van der Waals surface area (Å²) in [5, 5.41) is 0.828. The van der Waals surface area contributed by atoms with E-state index >= 15 is 0 Å². The van der Waals surface area contributed by atoms with Crippen LogP contribution < -0.4 is 4.74 Å². The molecule has 0 saturated carbocycles. The highest BCUT2D eigenvalue weighted by atomic mass is 35.5. The normalized spacial score (nSPS) is 16.7. The summed E-state index contributed by atoms with van der Waals surface area (Å²) in [6.07, 6.45) is 6.40. The molecular formula is C22H19Cl2NO3. The summed E-state index contributed by atoms with van der Waals surface area (Å²) in [4.78, 5) is 16.0. The summed E-state index contributed by atoms with van der Waals surface area (Å²) in [6.45, 7) is 0.741. The molecule has 0 spiro atoms. The van der Waals surface area contributed by atoms with Crippen LogP contribution in [0, 0.1) is 0 Å². The minimum Gasteiger partial charge on any atom is -0.465 e. The van der Waals surface area contributed by atoms with Crippen molar-refractivity contribution in [2.24, 2.45) is 0 Å². The van der Waals surface area contributed by atoms with Crippen molar-refractivity contribution < 1.29 is 14.3 Å². The molecule has 3 aromatic rings. The molecular weight excluding hydrogens is 397 g/mol. The zero-order valence-electron chi connectivity index (χ0n) is 15.1. The van der Waals surface area contributed by atoms with Gasteiger partial charge in [0.1, 0.15) is 5.75 Å². The Morgan fingerprint density at radius 3 is 2.57 bits per heavy atom. The number of H-pyrrole nitrogens is 1. The molecule has 0 bridgehead atoms. The average molecular weight is 416 g/mol. The van der Waals surface area contributed by atoms with Gasteiger partial charge in [-0.1, -0.05) is 35.3 Å². The number of hydrogen-bond acceptors (Lipinski definition) is 3. The first-order chi connectivity index (χ1) is 13.6. The first-order valence-electron chi connectivity index (χ1n) is 9.17. The fourth-order valence-electron chi connectivity index (χ4n) is 3.28. The highest BCUT2D eigenvalue weighted by Crippen LogP contribution is 2.30. The summed E-state index contributed by atoms with van der Waals surface area (Å²) in [7, 11) is 0. The molecule has 1 aliphatic rings. The highest BCUT2D eigenvalue weighted by molar-refractivity contribution is 6.37. The maximum absolute atomic E-state index is 13.0. The molecule has 6 heteroatoms. The fourth-order valence-corrected chi connectivity index (χ4v) is 3.77. The van der Waals surface area contributed by atoms with E-state index in [2.05, 4.69) is 4.98 Å². The summed E-state index contributed by atoms with van der Waals surface area (Å²) in [5.41, 5.74) is 2.68. The van der Waals surface area contributed by atoms with Crippen molar-refractivity contribution in [3.05, 3.63) is 76.0 Å². The SMILES string of the molecule is O=C(c1ccc(Cl)cc1Cl)c1c[nH]cc1-c1ccc(OC2CCCCO2)cc1. The van der Waals surface area contributed by atoms with E-state index in [0.717, 1.165) is 42.7 Å². The van der Waals surface area contributed by atoms with Crippen LogP contribution in [0.2, 0.25) is 10.0 Å². The van der Waals surface area contributed by atoms with Gasteiger partial charge in [-0.2, -0.15) is 0 Å². The van der Waals surface area contributed by atoms with Gasteiger partial charge in [-0.25, -0.2) is 0 Å². The molecule has 0 amide bonds. The maximum Gasteiger partial charge on any atom is 0.199 e. The second kappa shape index (κ2) is 8.39. The molecule has 1 saturated heterocycles. The van der Waals surface area contributed by atoms with E-state index in [1.165, 1.54) is 0 Å². The van der Waals surface area contributed by atoms with Crippen molar-refractivity contribution in [2.75, 3.05) is 6.61 Å². The van der Waals surface area contributed by atoms with Gasteiger partial charge in [-0.3, -0.25) is 4.79 Å². The number of ketones is 1. The number of aromatic nitrogens is 1. The summed E-state index contributed by atoms with van der Waals surface area (Å²) >= 11 is 12.1. The summed E-state index contributed by atoms with van der Waals surface area (Å²) in [5.74, 6) is 0.591. The quantitative estimate of drug-likeness (QED) is 0.510. The standard InChI is InChI=1S/C22H19Cl2NO3/c23-15-6-9-17(20(24)11-15)22(26)19-13-25-12-18(19)14-4-7-16(8-5-14)28-21-3-1-2-10-27-21/h4-9,11-13,21,25H,1-3,10H2. The van der Waals surface area contributed by atoms with Gasteiger partial charge >= 0.3 is 0 Å². The first-order valence-corrected chi connectivity index (χ1v) is 9.92. The molecule has 2 heterocycles. The van der Waals surface area contributed by atoms with Crippen molar-refractivity contribution >= 4 is 29.0 Å². The third kappa shape index (κ3) is 4.09. The predicted molar refractivity (Wildman–Crippen MR) is 110 cm³/mol. The molecule has 144 valence electrons. The number of halogens is 2. The smallest absolute Gasteiger partial charge is 0.199 e. The van der Waals surface area contributed by atoms with Gasteiger partial charge in [0.05, 0.1) is 11.6 Å². The Morgan fingerprint density at radius 2 is 1.86 bits per heavy atom. The second-order valence-electron chi connectivity index (χ2n) is 6.67. The number of nitrogens with one attached hydrogen (secondary N) is 1. The lowest BCUT2D eigenvalue weighted by molar-refractivity contribution is -0.105. The van der Waals surface area contributed by atoms with Gasteiger partial charge in [0, 0.05) is 40.5 Å². The van der Waals surface area contributed by atoms with Crippen LogP contribution in [0.25, 0.3) is 11.1 Å². The minimum absolute atomic E-state index is 0.158. The number of ether oxygens (including phenoxy) is 2. The number of aromatic amines is 1. The van der Waals surface area contributed by atoms with Crippen molar-refractivity contribution in [1.82, 2.24) is 4.98 Å². The van der Waals surface area contributed by atoms with Gasteiger partial charge in [-0.15, -0.1) is 0 Å². The van der Waals surface area contributed by atoms with Gasteiger partial charge in [0.25, 0.3) is 0 Å². The molecule has 4 nitrogen and oxygen atoms in total. The van der Waals surface area contributed by atoms with Crippen LogP contribution in [-0.2, 0) is 4.74 Å². The summed E-state index contributed by atoms with van der Waals surface area (Å²) < 4.78 is 11.5. The highest BCUT2D eigenvalue weighted by Gasteiger charge is 2.19. The third-order valence-corrected chi connectivity index (χ3v) is 5.28. The molecule has 0 radical (unpaired) electrons. The Morgan fingerprint density at radius 1 is 1.04 bits per heavy atom. The zero-order chi connectivity index (χ0) is 19.5. The molecule has 1 N–H and O–H groups in total. The van der Waals surface area contributed by atoms with E-state index < -0.39 is 0 Å². The van der Waals surface area contributed by atoms with E-state index in [9.17, 15) is 4.79 Å². The Kier molecular flexibility index (Phi) is 5.72. The molecule has 1 aromatic heterocycles. The van der Waals surface area contributed by atoms with Crippen LogP contribution >= 0.6 is 23.2 Å². The number of carbonyl (C=O) groups excluding carboxylic acids is 1. The van der Waals surface area contributed by atoms with E-state index in [0.29, 0.717) is 21.2 Å². The first kappa shape index (κ1) is 19.1. The molecule has 4 rings (SSSR count). The molecule has 1 aliphatic heterocycles. The maximum atomic E-state index is 13.0. The van der Waals surface area contributed by atoms with Gasteiger partial charge in [0.15, 0.2) is 12.1 Å². The Labute approximate surface area is 173 Å². The van der Waals surface area contributed by atoms with Crippen LogP contribution in [0.5, 0.6) is 5.75 Å². The molecule has 2 aromatic carbocycles. The Balaban J connectivity index is 1.55. The largest absolute Gasteiger partial charge is 0.465 e. The van der Waals surface area contributed by atoms with E-state index in [-0.39, 0.29) is 12.1 Å². The van der Waals surface area contributed by atoms with Crippen molar-refractivity contribution in [3.63, 3.8) is 0 Å². The molecule has 0 aliphatic carbocycles.